The molecule has 0 bridgehead atoms. The topological polar surface area (TPSA) is 34.1 Å². The molecule has 0 N–H and O–H groups in total. The summed E-state index contributed by atoms with van der Waals surface area (Å²) in [6, 6.07) is 35.7. The molecule has 0 heterocycles. The second kappa shape index (κ2) is 8.00. The van der Waals surface area contributed by atoms with Crippen molar-refractivity contribution in [2.45, 2.75) is 12.8 Å². The molecule has 5 aromatic carbocycles. The molecule has 0 aromatic heterocycles. The number of hydrogen-bond donors (Lipinski definition) is 0. The molecule has 0 spiro atoms. The number of benzene rings is 5. The van der Waals surface area contributed by atoms with E-state index in [0.29, 0.717) is 22.3 Å². The average molecular weight is 463 g/mol. The van der Waals surface area contributed by atoms with Gasteiger partial charge in [-0.1, -0.05) is 97.1 Å². The van der Waals surface area contributed by atoms with Crippen LogP contribution in [0.25, 0.3) is 22.3 Å². The molecule has 2 aliphatic rings. The van der Waals surface area contributed by atoms with Crippen LogP contribution in [0.2, 0.25) is 0 Å². The fraction of sp³-hybridized carbons (Fsp3) is 0.0588. The Morgan fingerprint density at radius 2 is 0.750 bits per heavy atom. The van der Waals surface area contributed by atoms with Gasteiger partial charge in [0.2, 0.25) is 0 Å². The number of ketones is 2. The predicted octanol–water partition coefficient (Wildman–Crippen LogP) is 7.29. The van der Waals surface area contributed by atoms with Crippen molar-refractivity contribution in [3.8, 4) is 22.3 Å². The Morgan fingerprint density at radius 1 is 0.389 bits per heavy atom. The first-order valence-electron chi connectivity index (χ1n) is 12.3. The van der Waals surface area contributed by atoms with E-state index in [1.54, 1.807) is 24.3 Å². The zero-order valence-corrected chi connectivity index (χ0v) is 19.6. The highest BCUT2D eigenvalue weighted by atomic mass is 16.1. The van der Waals surface area contributed by atoms with Gasteiger partial charge in [-0.2, -0.15) is 0 Å². The van der Waals surface area contributed by atoms with Gasteiger partial charge in [-0.25, -0.2) is 0 Å². The Morgan fingerprint density at radius 3 is 1.19 bits per heavy atom. The standard InChI is InChI=1S/C34H22O2/c35-33(27-15-13-25-17-23-5-1-3-7-29(23)31(25)19-27)21-9-11-22(12-10-21)34(36)28-16-14-26-18-24-6-2-4-8-30(24)32(26)20-28/h1-16,19-20H,17-18H2. The lowest BCUT2D eigenvalue weighted by Gasteiger charge is -2.08. The minimum atomic E-state index is -0.0321. The molecule has 5 aromatic rings. The molecule has 0 saturated carbocycles. The van der Waals surface area contributed by atoms with Gasteiger partial charge in [0.1, 0.15) is 0 Å². The molecule has 2 aliphatic carbocycles. The van der Waals surface area contributed by atoms with E-state index in [4.69, 9.17) is 0 Å². The minimum absolute atomic E-state index is 0.0321. The molecule has 0 amide bonds. The van der Waals surface area contributed by atoms with Gasteiger partial charge < -0.3 is 0 Å². The molecule has 0 unspecified atom stereocenters. The van der Waals surface area contributed by atoms with Crippen molar-refractivity contribution < 1.29 is 9.59 Å². The average Bonchev–Trinajstić information content (AvgIpc) is 3.50. The van der Waals surface area contributed by atoms with Gasteiger partial charge in [0, 0.05) is 22.3 Å². The van der Waals surface area contributed by atoms with Crippen LogP contribution < -0.4 is 0 Å². The Balaban J connectivity index is 1.15. The monoisotopic (exact) mass is 462 g/mol. The van der Waals surface area contributed by atoms with Crippen molar-refractivity contribution in [1.82, 2.24) is 0 Å². The van der Waals surface area contributed by atoms with Crippen LogP contribution in [0.3, 0.4) is 0 Å². The van der Waals surface area contributed by atoms with E-state index in [2.05, 4.69) is 48.5 Å². The molecule has 36 heavy (non-hydrogen) atoms. The maximum atomic E-state index is 13.3. The molecule has 0 aliphatic heterocycles. The second-order valence-electron chi connectivity index (χ2n) is 9.65. The van der Waals surface area contributed by atoms with Gasteiger partial charge in [0.05, 0.1) is 0 Å². The molecular weight excluding hydrogens is 440 g/mol. The summed E-state index contributed by atoms with van der Waals surface area (Å²) >= 11 is 0. The summed E-state index contributed by atoms with van der Waals surface area (Å²) in [4.78, 5) is 26.5. The molecule has 170 valence electrons. The van der Waals surface area contributed by atoms with E-state index >= 15 is 0 Å². The number of hydrogen-bond acceptors (Lipinski definition) is 2. The Bertz CT molecular complexity index is 1580. The van der Waals surface area contributed by atoms with E-state index in [-0.39, 0.29) is 11.6 Å². The largest absolute Gasteiger partial charge is 0.289 e. The molecule has 2 heteroatoms. The third kappa shape index (κ3) is 3.26. The molecule has 0 fully saturated rings. The van der Waals surface area contributed by atoms with Crippen molar-refractivity contribution in [3.05, 3.63) is 154 Å². The minimum Gasteiger partial charge on any atom is -0.289 e. The maximum Gasteiger partial charge on any atom is 0.193 e. The lowest BCUT2D eigenvalue weighted by molar-refractivity contribution is 0.102. The molecule has 0 radical (unpaired) electrons. The summed E-state index contributed by atoms with van der Waals surface area (Å²) in [5.74, 6) is -0.0642. The van der Waals surface area contributed by atoms with E-state index in [1.807, 2.05) is 36.4 Å². The number of rotatable bonds is 4. The Hall–Kier alpha value is -4.56. The lowest BCUT2D eigenvalue weighted by atomic mass is 9.95. The highest BCUT2D eigenvalue weighted by molar-refractivity contribution is 6.12. The van der Waals surface area contributed by atoms with Crippen LogP contribution in [0.1, 0.15) is 54.1 Å². The number of fused-ring (bicyclic) bond motifs is 6. The highest BCUT2D eigenvalue weighted by Crippen LogP contribution is 2.38. The van der Waals surface area contributed by atoms with Crippen molar-refractivity contribution >= 4 is 11.6 Å². The van der Waals surface area contributed by atoms with Gasteiger partial charge in [0.25, 0.3) is 0 Å². The van der Waals surface area contributed by atoms with E-state index in [9.17, 15) is 9.59 Å². The van der Waals surface area contributed by atoms with Crippen molar-refractivity contribution in [3.63, 3.8) is 0 Å². The van der Waals surface area contributed by atoms with Crippen molar-refractivity contribution in [1.29, 1.82) is 0 Å². The molecule has 0 saturated heterocycles. The first-order valence-corrected chi connectivity index (χ1v) is 12.3. The van der Waals surface area contributed by atoms with Crippen LogP contribution in [0.15, 0.2) is 109 Å². The summed E-state index contributed by atoms with van der Waals surface area (Å²) in [5.41, 5.74) is 12.3. The molecular formula is C34H22O2. The first kappa shape index (κ1) is 20.8. The smallest absolute Gasteiger partial charge is 0.193 e. The van der Waals surface area contributed by atoms with Gasteiger partial charge in [-0.15, -0.1) is 0 Å². The molecule has 0 atom stereocenters. The summed E-state index contributed by atoms with van der Waals surface area (Å²) in [6.45, 7) is 0. The fourth-order valence-electron chi connectivity index (χ4n) is 5.64. The first-order chi connectivity index (χ1) is 17.7. The van der Waals surface area contributed by atoms with Crippen LogP contribution in [-0.4, -0.2) is 11.6 Å². The molecule has 7 rings (SSSR count). The Labute approximate surface area is 209 Å². The van der Waals surface area contributed by atoms with Crippen LogP contribution in [0.4, 0.5) is 0 Å². The van der Waals surface area contributed by atoms with E-state index < -0.39 is 0 Å². The van der Waals surface area contributed by atoms with Crippen molar-refractivity contribution in [2.75, 3.05) is 0 Å². The predicted molar refractivity (Wildman–Crippen MR) is 143 cm³/mol. The summed E-state index contributed by atoms with van der Waals surface area (Å²) in [5, 5.41) is 0. The third-order valence-corrected chi connectivity index (χ3v) is 7.53. The van der Waals surface area contributed by atoms with Crippen LogP contribution in [0.5, 0.6) is 0 Å². The lowest BCUT2D eigenvalue weighted by Crippen LogP contribution is -2.05. The second-order valence-corrected chi connectivity index (χ2v) is 9.65. The summed E-state index contributed by atoms with van der Waals surface area (Å²) in [6.07, 6.45) is 1.82. The van der Waals surface area contributed by atoms with Gasteiger partial charge in [0.15, 0.2) is 11.6 Å². The number of carbonyl (C=O) groups excluding carboxylic acids is 2. The normalized spacial score (nSPS) is 12.4. The van der Waals surface area contributed by atoms with Crippen LogP contribution in [0, 0.1) is 0 Å². The zero-order valence-electron chi connectivity index (χ0n) is 19.6. The van der Waals surface area contributed by atoms with Gasteiger partial charge >= 0.3 is 0 Å². The van der Waals surface area contributed by atoms with E-state index in [1.165, 1.54) is 33.4 Å². The zero-order chi connectivity index (χ0) is 24.2. The SMILES string of the molecule is O=C(c1ccc(C(=O)c2ccc3c(c2)-c2ccccc2C3)cc1)c1ccc2c(c1)-c1ccccc1C2. The van der Waals surface area contributed by atoms with Crippen LogP contribution >= 0.6 is 0 Å². The summed E-state index contributed by atoms with van der Waals surface area (Å²) in [7, 11) is 0. The van der Waals surface area contributed by atoms with E-state index in [0.717, 1.165) is 24.0 Å². The van der Waals surface area contributed by atoms with Gasteiger partial charge in [-0.3, -0.25) is 9.59 Å². The Kier molecular flexibility index (Phi) is 4.62. The quantitative estimate of drug-likeness (QED) is 0.257. The maximum absolute atomic E-state index is 13.3. The van der Waals surface area contributed by atoms with Crippen LogP contribution in [-0.2, 0) is 12.8 Å². The number of carbonyl (C=O) groups is 2. The van der Waals surface area contributed by atoms with Gasteiger partial charge in [-0.05, 0) is 69.5 Å². The molecule has 2 nitrogen and oxygen atoms in total. The third-order valence-electron chi connectivity index (χ3n) is 7.53. The summed E-state index contributed by atoms with van der Waals surface area (Å²) < 4.78 is 0. The highest BCUT2D eigenvalue weighted by Gasteiger charge is 2.22. The fourth-order valence-corrected chi connectivity index (χ4v) is 5.64. The van der Waals surface area contributed by atoms with Crippen molar-refractivity contribution in [2.24, 2.45) is 0 Å².